The Bertz CT molecular complexity index is 1030. The molecule has 1 N–H and O–H groups in total. The Balaban J connectivity index is 1.30. The van der Waals surface area contributed by atoms with Gasteiger partial charge >= 0.3 is 5.97 Å². The Labute approximate surface area is 213 Å². The Hall–Kier alpha value is -2.45. The van der Waals surface area contributed by atoms with E-state index in [1.165, 1.54) is 5.56 Å². The molecule has 1 heterocycles. The van der Waals surface area contributed by atoms with Crippen LogP contribution < -0.4 is 0 Å². The summed E-state index contributed by atoms with van der Waals surface area (Å²) in [6, 6.07) is 16.5. The van der Waals surface area contributed by atoms with E-state index in [-0.39, 0.29) is 25.6 Å². The van der Waals surface area contributed by atoms with Gasteiger partial charge in [0.05, 0.1) is 12.8 Å². The smallest absolute Gasteiger partial charge is 0.343 e. The second kappa shape index (κ2) is 10.7. The molecule has 1 aliphatic carbocycles. The average Bonchev–Trinajstić information content (AvgIpc) is 3.39. The quantitative estimate of drug-likeness (QED) is 0.324. The minimum absolute atomic E-state index is 0.0672. The van der Waals surface area contributed by atoms with E-state index in [2.05, 4.69) is 44.8 Å². The van der Waals surface area contributed by atoms with E-state index < -0.39 is 29.8 Å². The summed E-state index contributed by atoms with van der Waals surface area (Å²) in [5.41, 5.74) is -0.575. The van der Waals surface area contributed by atoms with Crippen molar-refractivity contribution in [3.05, 3.63) is 82.6 Å². The summed E-state index contributed by atoms with van der Waals surface area (Å²) >= 11 is 3.45. The van der Waals surface area contributed by atoms with Crippen LogP contribution in [0.5, 0.6) is 0 Å². The fraction of sp³-hybridized carbons (Fsp3) is 0.444. The van der Waals surface area contributed by atoms with Crippen molar-refractivity contribution in [3.8, 4) is 0 Å². The fourth-order valence-corrected chi connectivity index (χ4v) is 5.16. The van der Waals surface area contributed by atoms with Crippen molar-refractivity contribution < 1.29 is 23.4 Å². The lowest BCUT2D eigenvalue weighted by Crippen LogP contribution is -2.44. The molecule has 0 bridgehead atoms. The first-order chi connectivity index (χ1) is 16.7. The SMILES string of the molecule is CC1N(CCCOC(=O)[C@](O)(c2ccccc2)[C@H]2CCC(F)(F)C2)C=CN1Cc1ccc(Br)cc1. The van der Waals surface area contributed by atoms with Crippen molar-refractivity contribution in [2.75, 3.05) is 13.2 Å². The van der Waals surface area contributed by atoms with Crippen LogP contribution in [0.25, 0.3) is 0 Å². The second-order valence-electron chi connectivity index (χ2n) is 9.38. The van der Waals surface area contributed by atoms with Crippen LogP contribution >= 0.6 is 15.9 Å². The van der Waals surface area contributed by atoms with Crippen LogP contribution in [0.15, 0.2) is 71.5 Å². The number of aliphatic hydroxyl groups is 1. The first-order valence-electron chi connectivity index (χ1n) is 12.0. The molecule has 188 valence electrons. The molecule has 0 spiro atoms. The van der Waals surface area contributed by atoms with Gasteiger partial charge in [-0.25, -0.2) is 13.6 Å². The first-order valence-corrected chi connectivity index (χ1v) is 12.8. The van der Waals surface area contributed by atoms with Gasteiger partial charge in [-0.2, -0.15) is 0 Å². The maximum absolute atomic E-state index is 13.9. The monoisotopic (exact) mass is 548 g/mol. The number of benzene rings is 2. The van der Waals surface area contributed by atoms with Crippen LogP contribution in [0.2, 0.25) is 0 Å². The standard InChI is InChI=1S/C27H31BrF2N2O3/c1-20-31(15-16-32(20)19-21-8-10-24(28)11-9-21)14-5-17-35-25(33)27(34,22-6-3-2-4-7-22)23-12-13-26(29,30)18-23/h2-4,6-11,15-16,20,23,34H,5,12-14,17-19H2,1H3/t20?,23-,27-/m0/s1. The van der Waals surface area contributed by atoms with Crippen LogP contribution in [0.4, 0.5) is 8.78 Å². The third kappa shape index (κ3) is 5.86. The van der Waals surface area contributed by atoms with Crippen molar-refractivity contribution in [1.29, 1.82) is 0 Å². The Morgan fingerprint density at radius 2 is 1.83 bits per heavy atom. The molecule has 4 rings (SSSR count). The number of rotatable bonds is 9. The summed E-state index contributed by atoms with van der Waals surface area (Å²) in [5, 5.41) is 11.4. The van der Waals surface area contributed by atoms with Gasteiger partial charge in [0, 0.05) is 48.7 Å². The van der Waals surface area contributed by atoms with Gasteiger partial charge in [0.15, 0.2) is 5.60 Å². The van der Waals surface area contributed by atoms with Gasteiger partial charge in [0.2, 0.25) is 5.92 Å². The molecule has 8 heteroatoms. The molecular formula is C27H31BrF2N2O3. The summed E-state index contributed by atoms with van der Waals surface area (Å²) < 4.78 is 34.4. The highest BCUT2D eigenvalue weighted by Crippen LogP contribution is 2.47. The van der Waals surface area contributed by atoms with E-state index in [0.29, 0.717) is 18.5 Å². The molecule has 35 heavy (non-hydrogen) atoms. The third-order valence-corrected chi connectivity index (χ3v) is 7.53. The van der Waals surface area contributed by atoms with Crippen LogP contribution in [0.3, 0.4) is 0 Å². The van der Waals surface area contributed by atoms with Crippen molar-refractivity contribution >= 4 is 21.9 Å². The lowest BCUT2D eigenvalue weighted by molar-refractivity contribution is -0.175. The minimum Gasteiger partial charge on any atom is -0.463 e. The van der Waals surface area contributed by atoms with Crippen molar-refractivity contribution in [3.63, 3.8) is 0 Å². The lowest BCUT2D eigenvalue weighted by atomic mass is 9.80. The molecule has 5 nitrogen and oxygen atoms in total. The number of carbonyl (C=O) groups is 1. The topological polar surface area (TPSA) is 53.0 Å². The van der Waals surface area contributed by atoms with E-state index in [4.69, 9.17) is 4.74 Å². The maximum atomic E-state index is 13.9. The third-order valence-electron chi connectivity index (χ3n) is 7.00. The highest BCUT2D eigenvalue weighted by Gasteiger charge is 2.54. The number of alkyl halides is 2. The minimum atomic E-state index is -2.88. The molecule has 0 radical (unpaired) electrons. The zero-order valence-electron chi connectivity index (χ0n) is 19.7. The molecule has 2 aromatic rings. The number of halogens is 3. The van der Waals surface area contributed by atoms with Gasteiger partial charge in [0.25, 0.3) is 0 Å². The number of carbonyl (C=O) groups excluding carboxylic acids is 1. The average molecular weight is 549 g/mol. The molecule has 1 saturated carbocycles. The summed E-state index contributed by atoms with van der Waals surface area (Å²) in [4.78, 5) is 17.4. The molecule has 2 aromatic carbocycles. The summed E-state index contributed by atoms with van der Waals surface area (Å²) in [7, 11) is 0. The van der Waals surface area contributed by atoms with Crippen LogP contribution in [-0.2, 0) is 21.7 Å². The number of esters is 1. The molecular weight excluding hydrogens is 518 g/mol. The molecule has 0 amide bonds. The zero-order valence-corrected chi connectivity index (χ0v) is 21.3. The first kappa shape index (κ1) is 25.6. The summed E-state index contributed by atoms with van der Waals surface area (Å²) in [6.45, 7) is 3.65. The van der Waals surface area contributed by atoms with Crippen molar-refractivity contribution in [1.82, 2.24) is 9.80 Å². The molecule has 2 aliphatic rings. The van der Waals surface area contributed by atoms with Crippen molar-refractivity contribution in [2.24, 2.45) is 5.92 Å². The molecule has 1 aliphatic heterocycles. The molecule has 1 fully saturated rings. The largest absolute Gasteiger partial charge is 0.463 e. The van der Waals surface area contributed by atoms with Gasteiger partial charge in [-0.05, 0) is 43.0 Å². The molecule has 3 atom stereocenters. The molecule has 0 saturated heterocycles. The van der Waals surface area contributed by atoms with Gasteiger partial charge in [-0.1, -0.05) is 58.4 Å². The number of ether oxygens (including phenoxy) is 1. The van der Waals surface area contributed by atoms with Crippen LogP contribution in [0, 0.1) is 5.92 Å². The van der Waals surface area contributed by atoms with Gasteiger partial charge in [0.1, 0.15) is 0 Å². The van der Waals surface area contributed by atoms with E-state index in [9.17, 15) is 18.7 Å². The van der Waals surface area contributed by atoms with E-state index in [0.717, 1.165) is 11.0 Å². The van der Waals surface area contributed by atoms with Crippen LogP contribution in [0.1, 0.15) is 43.7 Å². The number of hydrogen-bond donors (Lipinski definition) is 1. The number of nitrogens with zero attached hydrogens (tertiary/aromatic N) is 2. The lowest BCUT2D eigenvalue weighted by Gasteiger charge is -2.32. The Morgan fingerprint density at radius 1 is 1.14 bits per heavy atom. The fourth-order valence-electron chi connectivity index (χ4n) is 4.90. The Morgan fingerprint density at radius 3 is 2.49 bits per heavy atom. The highest BCUT2D eigenvalue weighted by molar-refractivity contribution is 9.10. The zero-order chi connectivity index (χ0) is 25.1. The second-order valence-corrected chi connectivity index (χ2v) is 10.3. The molecule has 0 aromatic heterocycles. The van der Waals surface area contributed by atoms with Crippen LogP contribution in [-0.4, -0.2) is 46.1 Å². The molecule has 1 unspecified atom stereocenters. The summed E-state index contributed by atoms with van der Waals surface area (Å²) in [5.74, 6) is -4.62. The number of hydrogen-bond acceptors (Lipinski definition) is 5. The predicted octanol–water partition coefficient (Wildman–Crippen LogP) is 5.64. The van der Waals surface area contributed by atoms with Gasteiger partial charge in [-0.15, -0.1) is 0 Å². The van der Waals surface area contributed by atoms with Gasteiger partial charge in [-0.3, -0.25) is 0 Å². The highest BCUT2D eigenvalue weighted by atomic mass is 79.9. The summed E-state index contributed by atoms with van der Waals surface area (Å²) in [6.07, 6.45) is 3.97. The van der Waals surface area contributed by atoms with E-state index in [1.54, 1.807) is 30.3 Å². The Kier molecular flexibility index (Phi) is 7.81. The van der Waals surface area contributed by atoms with E-state index in [1.807, 2.05) is 24.5 Å². The van der Waals surface area contributed by atoms with E-state index >= 15 is 0 Å². The maximum Gasteiger partial charge on any atom is 0.343 e. The van der Waals surface area contributed by atoms with Crippen molar-refractivity contribution in [2.45, 2.75) is 56.8 Å². The normalized spacial score (nSPS) is 22.9. The van der Waals surface area contributed by atoms with Gasteiger partial charge < -0.3 is 19.6 Å². The predicted molar refractivity (Wildman–Crippen MR) is 133 cm³/mol.